The molecule has 24 heavy (non-hydrogen) atoms. The third kappa shape index (κ3) is 1.76. The van der Waals surface area contributed by atoms with Crippen LogP contribution in [0, 0.1) is 5.92 Å². The van der Waals surface area contributed by atoms with Gasteiger partial charge in [-0.2, -0.15) is 0 Å². The molecule has 2 aliphatic heterocycles. The van der Waals surface area contributed by atoms with Crippen LogP contribution in [0.25, 0.3) is 16.7 Å². The predicted molar refractivity (Wildman–Crippen MR) is 94.5 cm³/mol. The summed E-state index contributed by atoms with van der Waals surface area (Å²) in [5.74, 6) is 1.24. The van der Waals surface area contributed by atoms with Crippen molar-refractivity contribution in [3.63, 3.8) is 0 Å². The maximum atomic E-state index is 6.27. The van der Waals surface area contributed by atoms with Gasteiger partial charge in [0, 0.05) is 31.0 Å². The molecule has 0 radical (unpaired) electrons. The molecule has 6 heteroatoms. The molecule has 1 aliphatic carbocycles. The van der Waals surface area contributed by atoms with E-state index in [0.717, 1.165) is 28.1 Å². The van der Waals surface area contributed by atoms with Gasteiger partial charge in [-0.15, -0.1) is 0 Å². The first-order valence-electron chi connectivity index (χ1n) is 8.44. The Bertz CT molecular complexity index is 868. The van der Waals surface area contributed by atoms with Gasteiger partial charge in [-0.25, -0.2) is 9.98 Å². The fraction of sp³-hybridized carbons (Fsp3) is 0.333. The van der Waals surface area contributed by atoms with Gasteiger partial charge in [-0.05, 0) is 37.0 Å². The second-order valence-electron chi connectivity index (χ2n) is 6.76. The number of hydrogen-bond donors (Lipinski definition) is 2. The van der Waals surface area contributed by atoms with Crippen LogP contribution in [-0.2, 0) is 0 Å². The summed E-state index contributed by atoms with van der Waals surface area (Å²) in [6.45, 7) is 0. The number of pyridine rings is 1. The third-order valence-corrected chi connectivity index (χ3v) is 5.42. The van der Waals surface area contributed by atoms with E-state index >= 15 is 0 Å². The summed E-state index contributed by atoms with van der Waals surface area (Å²) >= 11 is 0. The summed E-state index contributed by atoms with van der Waals surface area (Å²) in [6, 6.07) is 6.18. The van der Waals surface area contributed by atoms with Gasteiger partial charge in [-0.1, -0.05) is 6.42 Å². The zero-order valence-corrected chi connectivity index (χ0v) is 13.6. The van der Waals surface area contributed by atoms with Gasteiger partial charge in [-0.3, -0.25) is 0 Å². The number of nitrogens with zero attached hydrogens (tertiary/aromatic N) is 4. The molecule has 0 aromatic carbocycles. The monoisotopic (exact) mass is 320 g/mol. The summed E-state index contributed by atoms with van der Waals surface area (Å²) in [7, 11) is 2.16. The van der Waals surface area contributed by atoms with Gasteiger partial charge in [0.05, 0.1) is 11.4 Å². The zero-order valence-electron chi connectivity index (χ0n) is 13.6. The van der Waals surface area contributed by atoms with Crippen molar-refractivity contribution in [2.45, 2.75) is 25.4 Å². The lowest BCUT2D eigenvalue weighted by Crippen LogP contribution is -2.45. The molecule has 0 bridgehead atoms. The minimum atomic E-state index is 0.313. The molecule has 0 amide bonds. The number of hydrogen-bond acceptors (Lipinski definition) is 5. The first-order valence-corrected chi connectivity index (χ1v) is 8.44. The van der Waals surface area contributed by atoms with Gasteiger partial charge in [0.25, 0.3) is 0 Å². The first kappa shape index (κ1) is 13.7. The van der Waals surface area contributed by atoms with Crippen LogP contribution in [0.1, 0.15) is 25.0 Å². The molecule has 1 atom stereocenters. The fourth-order valence-electron chi connectivity index (χ4n) is 4.09. The Morgan fingerprint density at radius 1 is 1.29 bits per heavy atom. The third-order valence-electron chi connectivity index (χ3n) is 5.42. The van der Waals surface area contributed by atoms with Crippen molar-refractivity contribution in [3.8, 4) is 0 Å². The number of nitrogens with two attached hydrogens (primary N) is 1. The van der Waals surface area contributed by atoms with Gasteiger partial charge < -0.3 is 20.5 Å². The molecule has 1 saturated carbocycles. The van der Waals surface area contributed by atoms with Crippen LogP contribution in [0.4, 0.5) is 0 Å². The number of nitrogens with one attached hydrogen (secondary N) is 1. The van der Waals surface area contributed by atoms with E-state index in [2.05, 4.69) is 50.1 Å². The molecule has 2 aromatic heterocycles. The van der Waals surface area contributed by atoms with E-state index in [1.54, 1.807) is 12.4 Å². The van der Waals surface area contributed by atoms with E-state index in [1.165, 1.54) is 19.3 Å². The van der Waals surface area contributed by atoms with E-state index in [4.69, 9.17) is 5.73 Å². The standard InChI is InChI=1S/C18H20N6/c1-23-14(13-10-12-6-3-7-21-17(12)22-13)15-16(19)20-8-9-24(15)18(23)11-4-2-5-11/h3,6-11,18H,2,4-5H2,1H3,(H2,19,20)(H,21,22). The Kier molecular flexibility index (Phi) is 2.77. The summed E-state index contributed by atoms with van der Waals surface area (Å²) in [6.07, 6.45) is 9.83. The molecule has 3 aliphatic rings. The highest BCUT2D eigenvalue weighted by Gasteiger charge is 2.44. The lowest BCUT2D eigenvalue weighted by molar-refractivity contribution is 0.0919. The Hall–Kier alpha value is -2.76. The summed E-state index contributed by atoms with van der Waals surface area (Å²) in [4.78, 5) is 16.8. The maximum Gasteiger partial charge on any atom is 0.149 e. The molecule has 1 unspecified atom stereocenters. The van der Waals surface area contributed by atoms with Crippen molar-refractivity contribution < 1.29 is 0 Å². The van der Waals surface area contributed by atoms with Crippen LogP contribution in [0.15, 0.2) is 47.5 Å². The molecular formula is C18H20N6. The highest BCUT2D eigenvalue weighted by Crippen LogP contribution is 2.44. The van der Waals surface area contributed by atoms with Crippen molar-refractivity contribution in [1.29, 1.82) is 0 Å². The molecule has 0 saturated heterocycles. The first-order chi connectivity index (χ1) is 11.7. The summed E-state index contributed by atoms with van der Waals surface area (Å²) in [5, 5.41) is 1.11. The van der Waals surface area contributed by atoms with Crippen molar-refractivity contribution in [3.05, 3.63) is 48.2 Å². The van der Waals surface area contributed by atoms with Crippen LogP contribution in [0.5, 0.6) is 0 Å². The van der Waals surface area contributed by atoms with Gasteiger partial charge in [0.15, 0.2) is 0 Å². The van der Waals surface area contributed by atoms with Crippen LogP contribution in [0.2, 0.25) is 0 Å². The van der Waals surface area contributed by atoms with Crippen LogP contribution < -0.4 is 5.73 Å². The Labute approximate surface area is 140 Å². The largest absolute Gasteiger partial charge is 0.382 e. The molecule has 0 spiro atoms. The van der Waals surface area contributed by atoms with Gasteiger partial charge in [0.1, 0.15) is 23.3 Å². The minimum absolute atomic E-state index is 0.313. The normalized spacial score (nSPS) is 23.7. The molecule has 4 heterocycles. The summed E-state index contributed by atoms with van der Waals surface area (Å²) < 4.78 is 0. The van der Waals surface area contributed by atoms with Crippen molar-refractivity contribution in [2.75, 3.05) is 7.05 Å². The van der Waals surface area contributed by atoms with Crippen molar-refractivity contribution >= 4 is 22.6 Å². The fourth-order valence-corrected chi connectivity index (χ4v) is 4.09. The van der Waals surface area contributed by atoms with Crippen LogP contribution in [-0.4, -0.2) is 38.8 Å². The number of aromatic amines is 1. The van der Waals surface area contributed by atoms with E-state index in [1.807, 2.05) is 6.07 Å². The quantitative estimate of drug-likeness (QED) is 0.891. The Morgan fingerprint density at radius 2 is 2.17 bits per heavy atom. The highest BCUT2D eigenvalue weighted by molar-refractivity contribution is 6.05. The summed E-state index contributed by atoms with van der Waals surface area (Å²) in [5.41, 5.74) is 10.3. The number of aromatic nitrogens is 2. The lowest BCUT2D eigenvalue weighted by atomic mass is 9.82. The number of H-pyrrole nitrogens is 1. The second-order valence-corrected chi connectivity index (χ2v) is 6.76. The van der Waals surface area contributed by atoms with E-state index in [9.17, 15) is 0 Å². The highest BCUT2D eigenvalue weighted by atomic mass is 15.4. The number of rotatable bonds is 2. The average molecular weight is 320 g/mol. The smallest absolute Gasteiger partial charge is 0.149 e. The van der Waals surface area contributed by atoms with Crippen molar-refractivity contribution in [2.24, 2.45) is 16.6 Å². The van der Waals surface area contributed by atoms with Gasteiger partial charge in [0.2, 0.25) is 0 Å². The van der Waals surface area contributed by atoms with E-state index < -0.39 is 0 Å². The number of amidine groups is 1. The van der Waals surface area contributed by atoms with E-state index in [0.29, 0.717) is 17.9 Å². The minimum Gasteiger partial charge on any atom is -0.382 e. The maximum absolute atomic E-state index is 6.27. The molecule has 5 rings (SSSR count). The van der Waals surface area contributed by atoms with Gasteiger partial charge >= 0.3 is 0 Å². The van der Waals surface area contributed by atoms with Crippen LogP contribution >= 0.6 is 0 Å². The molecule has 6 nitrogen and oxygen atoms in total. The van der Waals surface area contributed by atoms with Crippen molar-refractivity contribution in [1.82, 2.24) is 19.8 Å². The zero-order chi connectivity index (χ0) is 16.3. The Morgan fingerprint density at radius 3 is 2.92 bits per heavy atom. The average Bonchev–Trinajstić information content (AvgIpc) is 3.07. The predicted octanol–water partition coefficient (Wildman–Crippen LogP) is 2.45. The topological polar surface area (TPSA) is 73.5 Å². The molecule has 2 aromatic rings. The molecule has 122 valence electrons. The molecule has 1 fully saturated rings. The molecular weight excluding hydrogens is 300 g/mol. The Balaban J connectivity index is 1.67. The van der Waals surface area contributed by atoms with E-state index in [-0.39, 0.29) is 0 Å². The SMILES string of the molecule is CN1C(c2cc3cccnc3[nH]2)=C2C(N)=NC=CN2C1C1CCC1. The second kappa shape index (κ2) is 4.87. The lowest BCUT2D eigenvalue weighted by Gasteiger charge is -2.41. The van der Waals surface area contributed by atoms with Crippen LogP contribution in [0.3, 0.4) is 0 Å². The molecule has 3 N–H and O–H groups in total. The number of fused-ring (bicyclic) bond motifs is 2. The number of aliphatic imine (C=N–C) groups is 1.